The SMILES string of the molecule is COc1cc2[nH]nc(-c3cnn(C4CN(C(=O)[C@H]5C[C@@](C)(O)C5)C4)c3)c2nc1-c1cccc2c1CCC2. The van der Waals surface area contributed by atoms with Gasteiger partial charge in [-0.15, -0.1) is 0 Å². The Labute approximate surface area is 214 Å². The summed E-state index contributed by atoms with van der Waals surface area (Å²) >= 11 is 0. The van der Waals surface area contributed by atoms with Crippen molar-refractivity contribution in [1.29, 1.82) is 0 Å². The summed E-state index contributed by atoms with van der Waals surface area (Å²) in [5, 5.41) is 22.2. The molecule has 9 nitrogen and oxygen atoms in total. The fourth-order valence-electron chi connectivity index (χ4n) is 6.22. The Bertz CT molecular complexity index is 1520. The van der Waals surface area contributed by atoms with Gasteiger partial charge in [0.25, 0.3) is 0 Å². The first kappa shape index (κ1) is 22.5. The summed E-state index contributed by atoms with van der Waals surface area (Å²) in [6, 6.07) is 8.55. The number of rotatable bonds is 5. The molecule has 1 amide bonds. The third-order valence-corrected chi connectivity index (χ3v) is 8.27. The minimum Gasteiger partial charge on any atom is -0.494 e. The summed E-state index contributed by atoms with van der Waals surface area (Å²) in [5.74, 6) is 0.820. The van der Waals surface area contributed by atoms with Gasteiger partial charge in [0, 0.05) is 42.4 Å². The zero-order valence-corrected chi connectivity index (χ0v) is 21.1. The van der Waals surface area contributed by atoms with Crippen LogP contribution in [0.4, 0.5) is 0 Å². The molecule has 2 fully saturated rings. The molecular formula is C28H30N6O3. The fourth-order valence-corrected chi connectivity index (χ4v) is 6.22. The minimum atomic E-state index is -0.688. The number of H-pyrrole nitrogens is 1. The molecule has 2 aliphatic carbocycles. The van der Waals surface area contributed by atoms with Gasteiger partial charge >= 0.3 is 0 Å². The number of aromatic nitrogens is 5. The lowest BCUT2D eigenvalue weighted by Crippen LogP contribution is -2.56. The first-order valence-corrected chi connectivity index (χ1v) is 13.0. The second-order valence-corrected chi connectivity index (χ2v) is 11.0. The third-order valence-electron chi connectivity index (χ3n) is 8.27. The highest BCUT2D eigenvalue weighted by atomic mass is 16.5. The smallest absolute Gasteiger partial charge is 0.226 e. The number of methoxy groups -OCH3 is 1. The van der Waals surface area contributed by atoms with Crippen molar-refractivity contribution in [2.24, 2.45) is 5.92 Å². The molecule has 37 heavy (non-hydrogen) atoms. The van der Waals surface area contributed by atoms with E-state index in [4.69, 9.17) is 9.72 Å². The van der Waals surface area contributed by atoms with E-state index in [1.165, 1.54) is 17.5 Å². The average Bonchev–Trinajstić information content (AvgIpc) is 3.59. The number of nitrogens with zero attached hydrogens (tertiary/aromatic N) is 5. The zero-order chi connectivity index (χ0) is 25.3. The van der Waals surface area contributed by atoms with Gasteiger partial charge in [-0.05, 0) is 50.2 Å². The molecule has 1 aromatic carbocycles. The van der Waals surface area contributed by atoms with Crippen LogP contribution >= 0.6 is 0 Å². The van der Waals surface area contributed by atoms with E-state index in [-0.39, 0.29) is 17.9 Å². The van der Waals surface area contributed by atoms with Crippen molar-refractivity contribution in [1.82, 2.24) is 29.9 Å². The average molecular weight is 499 g/mol. The number of aliphatic hydroxyl groups is 1. The van der Waals surface area contributed by atoms with Crippen LogP contribution in [0.3, 0.4) is 0 Å². The lowest BCUT2D eigenvalue weighted by Gasteiger charge is -2.46. The molecule has 4 heterocycles. The molecule has 4 aromatic rings. The minimum absolute atomic E-state index is 0.0531. The Morgan fingerprint density at radius 1 is 1.22 bits per heavy atom. The molecule has 3 aromatic heterocycles. The molecule has 1 aliphatic heterocycles. The monoisotopic (exact) mass is 498 g/mol. The van der Waals surface area contributed by atoms with Crippen LogP contribution in [0, 0.1) is 5.92 Å². The number of fused-ring (bicyclic) bond motifs is 2. The van der Waals surface area contributed by atoms with Crippen LogP contribution in [-0.4, -0.2) is 66.7 Å². The standard InChI is InChI=1S/C28H30N6O3/c1-28(36)10-17(11-28)27(35)33-14-19(15-33)34-13-18(12-29-34)24-26-22(31-32-24)9-23(37-2)25(30-26)21-8-4-6-16-5-3-7-20(16)21/h4,6,8-9,12-13,17,19,36H,3,5,7,10-11,14-15H2,1-2H3,(H,31,32)/t17-,28+. The number of hydrogen-bond donors (Lipinski definition) is 2. The number of ether oxygens (including phenoxy) is 1. The number of amides is 1. The second kappa shape index (κ2) is 8.14. The number of carbonyl (C=O) groups is 1. The Kier molecular flexibility index (Phi) is 4.95. The number of hydrogen-bond acceptors (Lipinski definition) is 6. The van der Waals surface area contributed by atoms with E-state index in [9.17, 15) is 9.90 Å². The summed E-state index contributed by atoms with van der Waals surface area (Å²) in [6.45, 7) is 3.07. The molecule has 0 atom stereocenters. The van der Waals surface area contributed by atoms with Crippen LogP contribution in [0.1, 0.15) is 43.4 Å². The van der Waals surface area contributed by atoms with Gasteiger partial charge in [0.05, 0.1) is 30.5 Å². The van der Waals surface area contributed by atoms with E-state index in [0.717, 1.165) is 52.1 Å². The molecule has 0 spiro atoms. The quantitative estimate of drug-likeness (QED) is 0.436. The normalized spacial score (nSPS) is 23.1. The molecule has 1 saturated heterocycles. The van der Waals surface area contributed by atoms with Crippen LogP contribution in [0.2, 0.25) is 0 Å². The summed E-state index contributed by atoms with van der Waals surface area (Å²) < 4.78 is 7.66. The first-order valence-electron chi connectivity index (χ1n) is 13.0. The highest BCUT2D eigenvalue weighted by Crippen LogP contribution is 2.41. The molecule has 0 radical (unpaired) electrons. The molecule has 9 heteroatoms. The highest BCUT2D eigenvalue weighted by Gasteiger charge is 2.46. The fraction of sp³-hybridized carbons (Fsp3) is 0.429. The van der Waals surface area contributed by atoms with Crippen molar-refractivity contribution in [3.05, 3.63) is 47.8 Å². The molecule has 7 rings (SSSR count). The first-order chi connectivity index (χ1) is 17.9. The summed E-state index contributed by atoms with van der Waals surface area (Å²) in [6.07, 6.45) is 8.24. The predicted molar refractivity (Wildman–Crippen MR) is 138 cm³/mol. The number of benzene rings is 1. The van der Waals surface area contributed by atoms with E-state index >= 15 is 0 Å². The summed E-state index contributed by atoms with van der Waals surface area (Å²) in [7, 11) is 1.68. The lowest BCUT2D eigenvalue weighted by molar-refractivity contribution is -0.155. The zero-order valence-electron chi connectivity index (χ0n) is 21.1. The van der Waals surface area contributed by atoms with Gasteiger partial charge in [0.2, 0.25) is 5.91 Å². The molecular weight excluding hydrogens is 468 g/mol. The maximum absolute atomic E-state index is 12.6. The Balaban J connectivity index is 1.15. The van der Waals surface area contributed by atoms with Crippen LogP contribution in [0.5, 0.6) is 5.75 Å². The van der Waals surface area contributed by atoms with Gasteiger partial charge in [0.1, 0.15) is 22.7 Å². The van der Waals surface area contributed by atoms with Gasteiger partial charge in [-0.2, -0.15) is 10.2 Å². The number of nitrogens with one attached hydrogen (secondary N) is 1. The van der Waals surface area contributed by atoms with Gasteiger partial charge < -0.3 is 14.7 Å². The molecule has 1 saturated carbocycles. The molecule has 0 bridgehead atoms. The van der Waals surface area contributed by atoms with Crippen molar-refractivity contribution < 1.29 is 14.6 Å². The van der Waals surface area contributed by atoms with Crippen molar-refractivity contribution in [2.45, 2.75) is 50.7 Å². The Morgan fingerprint density at radius 3 is 2.84 bits per heavy atom. The van der Waals surface area contributed by atoms with Gasteiger partial charge in [-0.1, -0.05) is 18.2 Å². The Hall–Kier alpha value is -3.72. The van der Waals surface area contributed by atoms with E-state index in [2.05, 4.69) is 33.5 Å². The van der Waals surface area contributed by atoms with Crippen molar-refractivity contribution in [3.8, 4) is 28.3 Å². The van der Waals surface area contributed by atoms with Gasteiger partial charge in [0.15, 0.2) is 0 Å². The summed E-state index contributed by atoms with van der Waals surface area (Å²) in [4.78, 5) is 19.6. The highest BCUT2D eigenvalue weighted by molar-refractivity contribution is 5.93. The Morgan fingerprint density at radius 2 is 2.05 bits per heavy atom. The largest absolute Gasteiger partial charge is 0.494 e. The maximum Gasteiger partial charge on any atom is 0.226 e. The predicted octanol–water partition coefficient (Wildman–Crippen LogP) is 3.53. The van der Waals surface area contributed by atoms with Crippen molar-refractivity contribution >= 4 is 16.9 Å². The van der Waals surface area contributed by atoms with Crippen molar-refractivity contribution in [3.63, 3.8) is 0 Å². The number of likely N-dealkylation sites (tertiary alicyclic amines) is 1. The topological polar surface area (TPSA) is 109 Å². The van der Waals surface area contributed by atoms with Crippen LogP contribution in [0.25, 0.3) is 33.5 Å². The molecule has 190 valence electrons. The molecule has 2 N–H and O–H groups in total. The maximum atomic E-state index is 12.6. The lowest BCUT2D eigenvalue weighted by atomic mass is 9.71. The van der Waals surface area contributed by atoms with Gasteiger partial charge in [-0.25, -0.2) is 4.98 Å². The molecule has 3 aliphatic rings. The second-order valence-electron chi connectivity index (χ2n) is 11.0. The van der Waals surface area contributed by atoms with E-state index in [1.54, 1.807) is 14.0 Å². The van der Waals surface area contributed by atoms with Crippen LogP contribution in [-0.2, 0) is 17.6 Å². The number of aromatic amines is 1. The van der Waals surface area contributed by atoms with Crippen molar-refractivity contribution in [2.75, 3.05) is 20.2 Å². The number of carbonyl (C=O) groups excluding carboxylic acids is 1. The van der Waals surface area contributed by atoms with E-state index < -0.39 is 5.60 Å². The third kappa shape index (κ3) is 3.63. The molecule has 0 unspecified atom stereocenters. The number of pyridine rings is 1. The summed E-state index contributed by atoms with van der Waals surface area (Å²) in [5.41, 5.74) is 7.27. The van der Waals surface area contributed by atoms with E-state index in [0.29, 0.717) is 25.9 Å². The van der Waals surface area contributed by atoms with Crippen LogP contribution in [0.15, 0.2) is 36.7 Å². The van der Waals surface area contributed by atoms with Crippen LogP contribution < -0.4 is 4.74 Å². The van der Waals surface area contributed by atoms with E-state index in [1.807, 2.05) is 28.0 Å². The number of aryl methyl sites for hydroxylation is 1. The van der Waals surface area contributed by atoms with Gasteiger partial charge in [-0.3, -0.25) is 14.6 Å².